The number of pyridine rings is 1. The second kappa shape index (κ2) is 11.2. The van der Waals surface area contributed by atoms with Crippen LogP contribution in [-0.4, -0.2) is 55.1 Å². The first kappa shape index (κ1) is 22.4. The summed E-state index contributed by atoms with van der Waals surface area (Å²) >= 11 is 0. The Morgan fingerprint density at radius 1 is 1.29 bits per heavy atom. The average Bonchev–Trinajstić information content (AvgIpc) is 2.73. The third-order valence-corrected chi connectivity index (χ3v) is 5.02. The van der Waals surface area contributed by atoms with Crippen LogP contribution in [-0.2, 0) is 16.0 Å². The zero-order valence-corrected chi connectivity index (χ0v) is 18.9. The van der Waals surface area contributed by atoms with E-state index in [2.05, 4.69) is 46.4 Å². The highest BCUT2D eigenvalue weighted by atomic mass is 127. The standard InChI is InChI=1S/C21H28N4O2.HI/c1-3-22-21(25-14-10-18(11-15-25)20(26)27-2)24-13-9-17-7-4-6-16-8-5-12-23-19(16)17;/h4-8,12,18H,3,9-11,13-15H2,1-2H3,(H,22,24);1H. The van der Waals surface area contributed by atoms with Gasteiger partial charge in [0.2, 0.25) is 0 Å². The van der Waals surface area contributed by atoms with E-state index in [1.54, 1.807) is 0 Å². The summed E-state index contributed by atoms with van der Waals surface area (Å²) in [4.78, 5) is 23.3. The van der Waals surface area contributed by atoms with Crippen molar-refractivity contribution in [2.75, 3.05) is 33.3 Å². The van der Waals surface area contributed by atoms with Gasteiger partial charge in [0.25, 0.3) is 0 Å². The normalized spacial score (nSPS) is 15.2. The number of halogens is 1. The number of carbonyl (C=O) groups is 1. The molecule has 0 saturated carbocycles. The van der Waals surface area contributed by atoms with Gasteiger partial charge in [0.1, 0.15) is 0 Å². The smallest absolute Gasteiger partial charge is 0.308 e. The van der Waals surface area contributed by atoms with Crippen LogP contribution in [0.4, 0.5) is 0 Å². The molecule has 1 aliphatic heterocycles. The summed E-state index contributed by atoms with van der Waals surface area (Å²) < 4.78 is 4.87. The SMILES string of the molecule is CCNC(=NCCc1cccc2cccnc12)N1CCC(C(=O)OC)CC1.I. The number of methoxy groups -OCH3 is 1. The van der Waals surface area contributed by atoms with Crippen LogP contribution >= 0.6 is 24.0 Å². The topological polar surface area (TPSA) is 66.8 Å². The van der Waals surface area contributed by atoms with Crippen LogP contribution in [0.3, 0.4) is 0 Å². The lowest BCUT2D eigenvalue weighted by Gasteiger charge is -2.33. The first-order valence-corrected chi connectivity index (χ1v) is 9.66. The Morgan fingerprint density at radius 2 is 2.04 bits per heavy atom. The molecule has 0 spiro atoms. The van der Waals surface area contributed by atoms with Crippen LogP contribution in [0, 0.1) is 5.92 Å². The van der Waals surface area contributed by atoms with Gasteiger partial charge in [0, 0.05) is 37.8 Å². The number of nitrogens with one attached hydrogen (secondary N) is 1. The largest absolute Gasteiger partial charge is 0.469 e. The molecule has 0 radical (unpaired) electrons. The summed E-state index contributed by atoms with van der Waals surface area (Å²) in [5.41, 5.74) is 2.27. The van der Waals surface area contributed by atoms with Crippen LogP contribution < -0.4 is 5.32 Å². The molecule has 3 rings (SSSR count). The molecule has 1 aromatic carbocycles. The van der Waals surface area contributed by atoms with E-state index in [1.807, 2.05) is 12.3 Å². The van der Waals surface area contributed by atoms with Gasteiger partial charge >= 0.3 is 5.97 Å². The first-order chi connectivity index (χ1) is 13.2. The van der Waals surface area contributed by atoms with E-state index in [4.69, 9.17) is 9.73 Å². The van der Waals surface area contributed by atoms with Crippen molar-refractivity contribution >= 4 is 46.8 Å². The number of hydrogen-bond acceptors (Lipinski definition) is 4. The number of aromatic nitrogens is 1. The molecule has 0 amide bonds. The summed E-state index contributed by atoms with van der Waals surface area (Å²) in [6.07, 6.45) is 4.31. The molecule has 152 valence electrons. The highest BCUT2D eigenvalue weighted by Gasteiger charge is 2.26. The first-order valence-electron chi connectivity index (χ1n) is 9.66. The predicted molar refractivity (Wildman–Crippen MR) is 123 cm³/mol. The van der Waals surface area contributed by atoms with Crippen molar-refractivity contribution in [3.8, 4) is 0 Å². The molecular weight excluding hydrogens is 467 g/mol. The maximum absolute atomic E-state index is 11.7. The van der Waals surface area contributed by atoms with Crippen LogP contribution in [0.25, 0.3) is 10.9 Å². The molecule has 2 aromatic rings. The van der Waals surface area contributed by atoms with Gasteiger partial charge in [-0.2, -0.15) is 0 Å². The minimum Gasteiger partial charge on any atom is -0.469 e. The highest BCUT2D eigenvalue weighted by Crippen LogP contribution is 2.19. The van der Waals surface area contributed by atoms with Gasteiger partial charge in [-0.15, -0.1) is 24.0 Å². The lowest BCUT2D eigenvalue weighted by Crippen LogP contribution is -2.46. The van der Waals surface area contributed by atoms with Crippen molar-refractivity contribution in [2.45, 2.75) is 26.2 Å². The number of ether oxygens (including phenoxy) is 1. The van der Waals surface area contributed by atoms with E-state index in [9.17, 15) is 4.79 Å². The van der Waals surface area contributed by atoms with E-state index >= 15 is 0 Å². The minimum atomic E-state index is -0.0972. The van der Waals surface area contributed by atoms with Crippen LogP contribution in [0.1, 0.15) is 25.3 Å². The molecular formula is C21H29IN4O2. The number of guanidine groups is 1. The fourth-order valence-corrected chi connectivity index (χ4v) is 3.57. The molecule has 6 nitrogen and oxygen atoms in total. The van der Waals surface area contributed by atoms with Gasteiger partial charge < -0.3 is 15.0 Å². The fourth-order valence-electron chi connectivity index (χ4n) is 3.57. The fraction of sp³-hybridized carbons (Fsp3) is 0.476. The number of rotatable bonds is 5. The van der Waals surface area contributed by atoms with Gasteiger partial charge in [0.05, 0.1) is 18.5 Å². The highest BCUT2D eigenvalue weighted by molar-refractivity contribution is 14.0. The number of likely N-dealkylation sites (tertiary alicyclic amines) is 1. The molecule has 1 fully saturated rings. The van der Waals surface area contributed by atoms with Crippen LogP contribution in [0.15, 0.2) is 41.5 Å². The van der Waals surface area contributed by atoms with Crippen molar-refractivity contribution in [1.82, 2.24) is 15.2 Å². The van der Waals surface area contributed by atoms with E-state index in [-0.39, 0.29) is 35.9 Å². The Labute approximate surface area is 183 Å². The van der Waals surface area contributed by atoms with E-state index in [1.165, 1.54) is 12.7 Å². The summed E-state index contributed by atoms with van der Waals surface area (Å²) in [7, 11) is 1.46. The van der Waals surface area contributed by atoms with Crippen molar-refractivity contribution in [2.24, 2.45) is 10.9 Å². The molecule has 1 aromatic heterocycles. The molecule has 0 unspecified atom stereocenters. The van der Waals surface area contributed by atoms with Crippen molar-refractivity contribution in [3.63, 3.8) is 0 Å². The number of carbonyl (C=O) groups excluding carboxylic acids is 1. The Hall–Kier alpha value is -1.90. The molecule has 0 atom stereocenters. The van der Waals surface area contributed by atoms with E-state index in [0.29, 0.717) is 6.54 Å². The van der Waals surface area contributed by atoms with E-state index < -0.39 is 0 Å². The molecule has 2 heterocycles. The predicted octanol–water partition coefficient (Wildman–Crippen LogP) is 3.25. The zero-order valence-electron chi connectivity index (χ0n) is 16.6. The zero-order chi connectivity index (χ0) is 19.1. The van der Waals surface area contributed by atoms with Gasteiger partial charge in [-0.25, -0.2) is 0 Å². The summed E-state index contributed by atoms with van der Waals surface area (Å²) in [5.74, 6) is 0.838. The second-order valence-corrected chi connectivity index (χ2v) is 6.76. The van der Waals surface area contributed by atoms with Crippen molar-refractivity contribution in [1.29, 1.82) is 0 Å². The molecule has 0 aliphatic carbocycles. The number of para-hydroxylation sites is 1. The number of piperidine rings is 1. The van der Waals surface area contributed by atoms with Crippen LogP contribution in [0.5, 0.6) is 0 Å². The Balaban J connectivity index is 0.00000280. The molecule has 1 N–H and O–H groups in total. The number of fused-ring (bicyclic) bond motifs is 1. The molecule has 1 saturated heterocycles. The monoisotopic (exact) mass is 496 g/mol. The quantitative estimate of drug-likeness (QED) is 0.298. The summed E-state index contributed by atoms with van der Waals surface area (Å²) in [6, 6.07) is 10.3. The molecule has 7 heteroatoms. The average molecular weight is 496 g/mol. The summed E-state index contributed by atoms with van der Waals surface area (Å²) in [6.45, 7) is 5.24. The lowest BCUT2D eigenvalue weighted by atomic mass is 9.97. The van der Waals surface area contributed by atoms with E-state index in [0.717, 1.165) is 55.8 Å². The van der Waals surface area contributed by atoms with Gasteiger partial charge in [-0.05, 0) is 37.8 Å². The third-order valence-electron chi connectivity index (χ3n) is 5.02. The molecule has 0 bridgehead atoms. The van der Waals surface area contributed by atoms with Gasteiger partial charge in [-0.1, -0.05) is 24.3 Å². The van der Waals surface area contributed by atoms with Gasteiger partial charge in [-0.3, -0.25) is 14.8 Å². The maximum Gasteiger partial charge on any atom is 0.308 e. The minimum absolute atomic E-state index is 0. The number of esters is 1. The Bertz CT molecular complexity index is 799. The Kier molecular flexibility index (Phi) is 8.95. The van der Waals surface area contributed by atoms with Crippen LogP contribution in [0.2, 0.25) is 0 Å². The number of nitrogens with zero attached hydrogens (tertiary/aromatic N) is 3. The lowest BCUT2D eigenvalue weighted by molar-refractivity contribution is -0.146. The third kappa shape index (κ3) is 5.56. The molecule has 28 heavy (non-hydrogen) atoms. The maximum atomic E-state index is 11.7. The molecule has 1 aliphatic rings. The number of aliphatic imine (C=N–C) groups is 1. The van der Waals surface area contributed by atoms with Crippen molar-refractivity contribution in [3.05, 3.63) is 42.1 Å². The Morgan fingerprint density at radius 3 is 2.75 bits per heavy atom. The number of hydrogen-bond donors (Lipinski definition) is 1. The van der Waals surface area contributed by atoms with Crippen molar-refractivity contribution < 1.29 is 9.53 Å². The van der Waals surface area contributed by atoms with Gasteiger partial charge in [0.15, 0.2) is 5.96 Å². The number of benzene rings is 1. The second-order valence-electron chi connectivity index (χ2n) is 6.76. The summed E-state index contributed by atoms with van der Waals surface area (Å²) in [5, 5.41) is 4.54.